The molecule has 0 spiro atoms. The summed E-state index contributed by atoms with van der Waals surface area (Å²) in [5.74, 6) is 0.571. The molecule has 0 aliphatic heterocycles. The van der Waals surface area contributed by atoms with Gasteiger partial charge in [-0.05, 0) is 29.8 Å². The number of hydrogen-bond donors (Lipinski definition) is 1. The number of ether oxygens (including phenoxy) is 1. The van der Waals surface area contributed by atoms with Gasteiger partial charge in [0, 0.05) is 13.6 Å². The van der Waals surface area contributed by atoms with Gasteiger partial charge < -0.3 is 14.7 Å². The highest BCUT2D eigenvalue weighted by atomic mass is 16.5. The minimum Gasteiger partial charge on any atom is -0.507 e. The monoisotopic (exact) mass is 271 g/mol. The lowest BCUT2D eigenvalue weighted by Gasteiger charge is -2.18. The first-order valence-electron chi connectivity index (χ1n) is 6.28. The summed E-state index contributed by atoms with van der Waals surface area (Å²) in [6.07, 6.45) is 0. The molecule has 0 heterocycles. The van der Waals surface area contributed by atoms with E-state index in [0.717, 1.165) is 11.3 Å². The highest BCUT2D eigenvalue weighted by molar-refractivity contribution is 5.96. The number of phenols is 1. The van der Waals surface area contributed by atoms with Crippen molar-refractivity contribution in [3.05, 3.63) is 59.7 Å². The fraction of sp³-hybridized carbons (Fsp3) is 0.188. The summed E-state index contributed by atoms with van der Waals surface area (Å²) in [6, 6.07) is 14.1. The molecule has 2 aromatic rings. The third-order valence-corrected chi connectivity index (χ3v) is 3.06. The van der Waals surface area contributed by atoms with Crippen LogP contribution < -0.4 is 4.74 Å². The zero-order chi connectivity index (χ0) is 14.5. The standard InChI is InChI=1S/C16H17NO3/c1-17(11-12-7-9-13(20-2)10-8-12)16(19)14-5-3-4-6-15(14)18/h3-10,18H,11H2,1-2H3. The predicted molar refractivity (Wildman–Crippen MR) is 76.9 cm³/mol. The maximum atomic E-state index is 12.2. The Morgan fingerprint density at radius 3 is 2.40 bits per heavy atom. The van der Waals surface area contributed by atoms with E-state index in [4.69, 9.17) is 4.74 Å². The van der Waals surface area contributed by atoms with Crippen LogP contribution in [0.15, 0.2) is 48.5 Å². The van der Waals surface area contributed by atoms with Crippen molar-refractivity contribution in [3.8, 4) is 11.5 Å². The number of benzene rings is 2. The maximum Gasteiger partial charge on any atom is 0.257 e. The van der Waals surface area contributed by atoms with Gasteiger partial charge in [-0.1, -0.05) is 24.3 Å². The Bertz CT molecular complexity index is 593. The van der Waals surface area contributed by atoms with Crippen molar-refractivity contribution in [1.82, 2.24) is 4.90 Å². The van der Waals surface area contributed by atoms with Crippen LogP contribution in [0, 0.1) is 0 Å². The number of carbonyl (C=O) groups is 1. The van der Waals surface area contributed by atoms with Crippen LogP contribution in [0.4, 0.5) is 0 Å². The van der Waals surface area contributed by atoms with Gasteiger partial charge >= 0.3 is 0 Å². The van der Waals surface area contributed by atoms with Crippen molar-refractivity contribution in [3.63, 3.8) is 0 Å². The number of nitrogens with zero attached hydrogens (tertiary/aromatic N) is 1. The summed E-state index contributed by atoms with van der Waals surface area (Å²) in [5, 5.41) is 9.70. The normalized spacial score (nSPS) is 10.1. The molecule has 2 rings (SSSR count). The SMILES string of the molecule is COc1ccc(CN(C)C(=O)c2ccccc2O)cc1. The highest BCUT2D eigenvalue weighted by Gasteiger charge is 2.15. The fourth-order valence-corrected chi connectivity index (χ4v) is 1.94. The van der Waals surface area contributed by atoms with Crippen LogP contribution >= 0.6 is 0 Å². The zero-order valence-electron chi connectivity index (χ0n) is 11.5. The van der Waals surface area contributed by atoms with Gasteiger partial charge in [-0.2, -0.15) is 0 Å². The minimum atomic E-state index is -0.209. The zero-order valence-corrected chi connectivity index (χ0v) is 11.5. The van der Waals surface area contributed by atoms with E-state index < -0.39 is 0 Å². The van der Waals surface area contributed by atoms with E-state index in [2.05, 4.69) is 0 Å². The third-order valence-electron chi connectivity index (χ3n) is 3.06. The van der Waals surface area contributed by atoms with Gasteiger partial charge in [0.1, 0.15) is 11.5 Å². The van der Waals surface area contributed by atoms with Crippen molar-refractivity contribution in [2.45, 2.75) is 6.54 Å². The van der Waals surface area contributed by atoms with Crippen LogP contribution in [0.5, 0.6) is 11.5 Å². The molecule has 1 N–H and O–H groups in total. The molecule has 0 bridgehead atoms. The molecule has 0 aromatic heterocycles. The van der Waals surface area contributed by atoms with Gasteiger partial charge in [0.05, 0.1) is 12.7 Å². The number of carbonyl (C=O) groups excluding carboxylic acids is 1. The molecule has 2 aromatic carbocycles. The molecular weight excluding hydrogens is 254 g/mol. The first kappa shape index (κ1) is 13.9. The number of aromatic hydroxyl groups is 1. The second-order valence-corrected chi connectivity index (χ2v) is 4.53. The van der Waals surface area contributed by atoms with E-state index in [-0.39, 0.29) is 11.7 Å². The van der Waals surface area contributed by atoms with E-state index >= 15 is 0 Å². The molecule has 20 heavy (non-hydrogen) atoms. The molecule has 0 aliphatic rings. The topological polar surface area (TPSA) is 49.8 Å². The largest absolute Gasteiger partial charge is 0.507 e. The molecule has 4 heteroatoms. The Hall–Kier alpha value is -2.49. The smallest absolute Gasteiger partial charge is 0.257 e. The number of hydrogen-bond acceptors (Lipinski definition) is 3. The Morgan fingerprint density at radius 1 is 1.15 bits per heavy atom. The second kappa shape index (κ2) is 6.10. The molecular formula is C16H17NO3. The Labute approximate surface area is 118 Å². The second-order valence-electron chi connectivity index (χ2n) is 4.53. The minimum absolute atomic E-state index is 0.000851. The highest BCUT2D eigenvalue weighted by Crippen LogP contribution is 2.19. The molecule has 104 valence electrons. The quantitative estimate of drug-likeness (QED) is 0.930. The van der Waals surface area contributed by atoms with Crippen molar-refractivity contribution >= 4 is 5.91 Å². The number of methoxy groups -OCH3 is 1. The van der Waals surface area contributed by atoms with E-state index in [1.54, 1.807) is 37.3 Å². The third kappa shape index (κ3) is 3.09. The van der Waals surface area contributed by atoms with Crippen LogP contribution in [0.1, 0.15) is 15.9 Å². The van der Waals surface area contributed by atoms with Crippen molar-refractivity contribution < 1.29 is 14.6 Å². The summed E-state index contributed by atoms with van der Waals surface area (Å²) in [6.45, 7) is 0.469. The summed E-state index contributed by atoms with van der Waals surface area (Å²) in [4.78, 5) is 13.8. The van der Waals surface area contributed by atoms with Gasteiger partial charge in [0.25, 0.3) is 5.91 Å². The fourth-order valence-electron chi connectivity index (χ4n) is 1.94. The summed E-state index contributed by atoms with van der Waals surface area (Å²) < 4.78 is 5.09. The lowest BCUT2D eigenvalue weighted by Crippen LogP contribution is -2.26. The number of para-hydroxylation sites is 1. The molecule has 0 fully saturated rings. The first-order chi connectivity index (χ1) is 9.61. The van der Waals surface area contributed by atoms with E-state index in [1.165, 1.54) is 6.07 Å². The molecule has 0 saturated heterocycles. The molecule has 0 saturated carbocycles. The lowest BCUT2D eigenvalue weighted by atomic mass is 10.1. The average Bonchev–Trinajstić information content (AvgIpc) is 2.48. The lowest BCUT2D eigenvalue weighted by molar-refractivity contribution is 0.0782. The van der Waals surface area contributed by atoms with E-state index in [0.29, 0.717) is 12.1 Å². The summed E-state index contributed by atoms with van der Waals surface area (Å²) in [5.41, 5.74) is 1.31. The maximum absolute atomic E-state index is 12.2. The molecule has 0 aliphatic carbocycles. The van der Waals surface area contributed by atoms with Crippen molar-refractivity contribution in [2.24, 2.45) is 0 Å². The number of rotatable bonds is 4. The van der Waals surface area contributed by atoms with Crippen LogP contribution in [0.2, 0.25) is 0 Å². The average molecular weight is 271 g/mol. The van der Waals surface area contributed by atoms with Crippen molar-refractivity contribution in [1.29, 1.82) is 0 Å². The Kier molecular flexibility index (Phi) is 4.25. The van der Waals surface area contributed by atoms with Gasteiger partial charge in [-0.3, -0.25) is 4.79 Å². The number of phenolic OH excluding ortho intramolecular Hbond substituents is 1. The predicted octanol–water partition coefficient (Wildman–Crippen LogP) is 2.67. The van der Waals surface area contributed by atoms with Gasteiger partial charge in [0.15, 0.2) is 0 Å². The van der Waals surface area contributed by atoms with E-state index in [1.807, 2.05) is 24.3 Å². The summed E-state index contributed by atoms with van der Waals surface area (Å²) >= 11 is 0. The first-order valence-corrected chi connectivity index (χ1v) is 6.28. The molecule has 4 nitrogen and oxygen atoms in total. The van der Waals surface area contributed by atoms with Gasteiger partial charge in [0.2, 0.25) is 0 Å². The van der Waals surface area contributed by atoms with Crippen molar-refractivity contribution in [2.75, 3.05) is 14.2 Å². The van der Waals surface area contributed by atoms with Gasteiger partial charge in [-0.25, -0.2) is 0 Å². The number of amides is 1. The summed E-state index contributed by atoms with van der Waals surface area (Å²) in [7, 11) is 3.32. The molecule has 0 unspecified atom stereocenters. The van der Waals surface area contributed by atoms with E-state index in [9.17, 15) is 9.90 Å². The Morgan fingerprint density at radius 2 is 1.80 bits per heavy atom. The molecule has 0 atom stereocenters. The van der Waals surface area contributed by atoms with Crippen LogP contribution in [0.3, 0.4) is 0 Å². The molecule has 0 radical (unpaired) electrons. The van der Waals surface area contributed by atoms with Crippen LogP contribution in [0.25, 0.3) is 0 Å². The van der Waals surface area contributed by atoms with Gasteiger partial charge in [-0.15, -0.1) is 0 Å². The van der Waals surface area contributed by atoms with Crippen LogP contribution in [-0.2, 0) is 6.54 Å². The van der Waals surface area contributed by atoms with Crippen LogP contribution in [-0.4, -0.2) is 30.1 Å². The molecule has 1 amide bonds. The Balaban J connectivity index is 2.09.